The van der Waals surface area contributed by atoms with Crippen molar-refractivity contribution < 1.29 is 18.2 Å². The summed E-state index contributed by atoms with van der Waals surface area (Å²) < 4.78 is 0. The summed E-state index contributed by atoms with van der Waals surface area (Å²) in [4.78, 5) is 5.63. The van der Waals surface area contributed by atoms with E-state index in [-0.39, 0.29) is 15.8 Å². The summed E-state index contributed by atoms with van der Waals surface area (Å²) in [6, 6.07) is 0. The molecule has 0 bridgehead atoms. The van der Waals surface area contributed by atoms with Crippen LogP contribution in [0.5, 0.6) is 0 Å². The van der Waals surface area contributed by atoms with Crippen LogP contribution in [0.1, 0.15) is 13.8 Å². The first kappa shape index (κ1) is 12.8. The third-order valence-corrected chi connectivity index (χ3v) is 3.44. The molecule has 5 heteroatoms. The predicted molar refractivity (Wildman–Crippen MR) is 50.9 cm³/mol. The monoisotopic (exact) mass is 350 g/mol. The van der Waals surface area contributed by atoms with Gasteiger partial charge in [0.25, 0.3) is 0 Å². The fraction of sp³-hybridized carbons (Fsp3) is 0.333. The molecule has 1 rings (SSSR count). The van der Waals surface area contributed by atoms with Gasteiger partial charge in [0.1, 0.15) is 0 Å². The van der Waals surface area contributed by atoms with E-state index in [4.69, 9.17) is 25.5 Å². The van der Waals surface area contributed by atoms with Crippen molar-refractivity contribution in [2.24, 2.45) is 0 Å². The molecule has 0 saturated heterocycles. The molecular formula is C6H8AsCl3Zr-. The topological polar surface area (TPSA) is 0 Å². The molecule has 0 aromatic rings. The van der Waals surface area contributed by atoms with E-state index in [0.717, 1.165) is 0 Å². The van der Waals surface area contributed by atoms with Crippen LogP contribution in [0.4, 0.5) is 0 Å². The summed E-state index contributed by atoms with van der Waals surface area (Å²) in [5, 5.41) is 0. The van der Waals surface area contributed by atoms with Crippen molar-refractivity contribution in [2.75, 3.05) is 0 Å². The predicted octanol–water partition coefficient (Wildman–Crippen LogP) is 3.11. The van der Waals surface area contributed by atoms with Crippen LogP contribution in [0, 0.1) is 4.86 Å². The maximum absolute atomic E-state index is 5.00. The molecular weight excluding hydrogens is 345 g/mol. The zero-order valence-electron chi connectivity index (χ0n) is 6.21. The van der Waals surface area contributed by atoms with E-state index in [1.807, 2.05) is 0 Å². The van der Waals surface area contributed by atoms with Gasteiger partial charge >= 0.3 is 94.2 Å². The second-order valence-corrected chi connectivity index (χ2v) is 14.9. The molecule has 63 valence electrons. The SMILES string of the molecule is CC1=[C-][AsH]C=C1C.[Cl][Zr]([Cl])[Cl]. The minimum atomic E-state index is -2.13. The normalized spacial score (nSPS) is 16.8. The summed E-state index contributed by atoms with van der Waals surface area (Å²) in [5.41, 5.74) is 2.82. The fourth-order valence-corrected chi connectivity index (χ4v) is 2.39. The Morgan fingerprint density at radius 1 is 1.36 bits per heavy atom. The van der Waals surface area contributed by atoms with Crippen molar-refractivity contribution in [3.8, 4) is 0 Å². The molecule has 1 atom stereocenters. The van der Waals surface area contributed by atoms with Crippen LogP contribution in [0.2, 0.25) is 0 Å². The Bertz CT molecular complexity index is 158. The molecule has 1 aliphatic heterocycles. The van der Waals surface area contributed by atoms with Crippen LogP contribution in [0.25, 0.3) is 0 Å². The van der Waals surface area contributed by atoms with Gasteiger partial charge in [-0.25, -0.2) is 0 Å². The number of rotatable bonds is 0. The van der Waals surface area contributed by atoms with Gasteiger partial charge in [0.2, 0.25) is 0 Å². The Morgan fingerprint density at radius 3 is 1.91 bits per heavy atom. The summed E-state index contributed by atoms with van der Waals surface area (Å²) in [5.74, 6) is 0. The minimum absolute atomic E-state index is 0.102. The summed E-state index contributed by atoms with van der Waals surface area (Å²) >= 11 is -2.02. The molecule has 0 aliphatic carbocycles. The van der Waals surface area contributed by atoms with Gasteiger partial charge in [0.05, 0.1) is 0 Å². The molecule has 0 amide bonds. The Labute approximate surface area is 93.0 Å². The van der Waals surface area contributed by atoms with Crippen LogP contribution >= 0.6 is 25.5 Å². The average molecular weight is 353 g/mol. The number of hydrogen-bond acceptors (Lipinski definition) is 0. The van der Waals surface area contributed by atoms with Gasteiger partial charge in [-0.2, -0.15) is 0 Å². The summed E-state index contributed by atoms with van der Waals surface area (Å²) in [6.45, 7) is 4.28. The van der Waals surface area contributed by atoms with Crippen molar-refractivity contribution in [2.45, 2.75) is 13.8 Å². The molecule has 0 nitrogen and oxygen atoms in total. The van der Waals surface area contributed by atoms with Crippen LogP contribution in [0.15, 0.2) is 16.0 Å². The second kappa shape index (κ2) is 7.22. The van der Waals surface area contributed by atoms with E-state index < -0.39 is 18.2 Å². The molecule has 0 aromatic carbocycles. The molecule has 0 aromatic heterocycles. The average Bonchev–Trinajstić information content (AvgIpc) is 2.15. The molecule has 0 N–H and O–H groups in total. The van der Waals surface area contributed by atoms with E-state index >= 15 is 0 Å². The van der Waals surface area contributed by atoms with Crippen molar-refractivity contribution in [1.29, 1.82) is 0 Å². The van der Waals surface area contributed by atoms with Crippen LogP contribution in [0.3, 0.4) is 0 Å². The Morgan fingerprint density at radius 2 is 1.82 bits per heavy atom. The first-order valence-electron chi connectivity index (χ1n) is 2.89. The summed E-state index contributed by atoms with van der Waals surface area (Å²) in [7, 11) is 15.0. The van der Waals surface area contributed by atoms with Gasteiger partial charge in [-0.05, 0) is 0 Å². The van der Waals surface area contributed by atoms with Crippen LogP contribution < -0.4 is 0 Å². The van der Waals surface area contributed by atoms with Gasteiger partial charge in [-0.1, -0.05) is 0 Å². The van der Waals surface area contributed by atoms with Gasteiger partial charge < -0.3 is 0 Å². The molecule has 0 radical (unpaired) electrons. The van der Waals surface area contributed by atoms with E-state index in [1.165, 1.54) is 11.1 Å². The molecule has 0 saturated carbocycles. The first-order valence-corrected chi connectivity index (χ1v) is 14.7. The molecule has 0 spiro atoms. The Hall–Kier alpha value is 1.79. The van der Waals surface area contributed by atoms with Gasteiger partial charge in [0, 0.05) is 0 Å². The van der Waals surface area contributed by atoms with Crippen molar-refractivity contribution in [3.63, 3.8) is 0 Å². The number of hydrogen-bond donors (Lipinski definition) is 0. The number of halogens is 3. The molecule has 0 fully saturated rings. The molecule has 1 aliphatic rings. The molecule has 11 heavy (non-hydrogen) atoms. The van der Waals surface area contributed by atoms with Gasteiger partial charge in [-0.3, -0.25) is 0 Å². The fourth-order valence-electron chi connectivity index (χ4n) is 0.459. The summed E-state index contributed by atoms with van der Waals surface area (Å²) in [6.07, 6.45) is 0. The maximum atomic E-state index is 5.00. The van der Waals surface area contributed by atoms with Crippen LogP contribution in [-0.2, 0) is 18.2 Å². The quantitative estimate of drug-likeness (QED) is 0.464. The van der Waals surface area contributed by atoms with E-state index in [0.29, 0.717) is 0 Å². The van der Waals surface area contributed by atoms with Crippen molar-refractivity contribution in [3.05, 3.63) is 20.9 Å². The zero-order chi connectivity index (χ0) is 8.85. The van der Waals surface area contributed by atoms with Gasteiger partial charge in [0.15, 0.2) is 0 Å². The third kappa shape index (κ3) is 8.13. The van der Waals surface area contributed by atoms with Gasteiger partial charge in [-0.15, -0.1) is 0 Å². The van der Waals surface area contributed by atoms with Crippen LogP contribution in [-0.4, -0.2) is 15.8 Å². The number of allylic oxidation sites excluding steroid dienone is 2. The third-order valence-electron chi connectivity index (χ3n) is 1.14. The standard InChI is InChI=1S/C6H8As.3ClH.Zr/c1-5-3-7-4-6(5)2;;;;/h3,7H,1-2H3;3*1H;/q-1;;;;+3/p-3. The molecule has 1 unspecified atom stereocenters. The van der Waals surface area contributed by atoms with E-state index in [1.54, 1.807) is 0 Å². The first-order chi connectivity index (χ1) is 5.04. The Kier molecular flexibility index (Phi) is 8.40. The van der Waals surface area contributed by atoms with E-state index in [2.05, 4.69) is 23.6 Å². The zero-order valence-corrected chi connectivity index (χ0v) is 13.0. The van der Waals surface area contributed by atoms with Crippen molar-refractivity contribution in [1.82, 2.24) is 0 Å². The molecule has 1 heterocycles. The van der Waals surface area contributed by atoms with E-state index in [9.17, 15) is 0 Å². The van der Waals surface area contributed by atoms with Crippen molar-refractivity contribution >= 4 is 41.3 Å². The Balaban J connectivity index is 0.000000218. The second-order valence-electron chi connectivity index (χ2n) is 1.94.